The minimum absolute atomic E-state index is 0.118. The Hall–Kier alpha value is -4.15. The van der Waals surface area contributed by atoms with E-state index in [0.29, 0.717) is 53.8 Å². The fourth-order valence-corrected chi connectivity index (χ4v) is 3.91. The highest BCUT2D eigenvalue weighted by atomic mass is 19.1. The second-order valence-electron chi connectivity index (χ2n) is 8.97. The highest BCUT2D eigenvalue weighted by Crippen LogP contribution is 2.35. The van der Waals surface area contributed by atoms with Crippen LogP contribution in [0.25, 0.3) is 22.6 Å². The minimum Gasteiger partial charge on any atom is -0.368 e. The van der Waals surface area contributed by atoms with E-state index >= 15 is 0 Å². The molecule has 4 aromatic rings. The van der Waals surface area contributed by atoms with Crippen LogP contribution in [0.15, 0.2) is 66.9 Å². The number of anilines is 1. The molecule has 1 saturated heterocycles. The number of rotatable bonds is 6. The Morgan fingerprint density at radius 2 is 1.83 bits per heavy atom. The molecule has 0 atom stereocenters. The largest absolute Gasteiger partial charge is 0.368 e. The van der Waals surface area contributed by atoms with Crippen molar-refractivity contribution in [1.29, 1.82) is 0 Å². The summed E-state index contributed by atoms with van der Waals surface area (Å²) < 4.78 is 25.6. The van der Waals surface area contributed by atoms with Crippen LogP contribution in [0.4, 0.5) is 10.3 Å². The number of H-pyrrole nitrogens is 1. The Balaban J connectivity index is 1.33. The molecule has 1 fully saturated rings. The third-order valence-electron chi connectivity index (χ3n) is 5.87. The molecule has 1 aliphatic rings. The molecule has 0 unspecified atom stereocenters. The number of nitrogens with one attached hydrogen (secondary N) is 2. The van der Waals surface area contributed by atoms with Crippen molar-refractivity contribution in [3.05, 3.63) is 84.1 Å². The first-order chi connectivity index (χ1) is 17.4. The van der Waals surface area contributed by atoms with Crippen LogP contribution in [0.2, 0.25) is 0 Å². The van der Waals surface area contributed by atoms with Gasteiger partial charge in [0.1, 0.15) is 5.82 Å². The summed E-state index contributed by atoms with van der Waals surface area (Å²) in [7, 11) is 0. The van der Waals surface area contributed by atoms with Gasteiger partial charge >= 0.3 is 0 Å². The SMILES string of the molecule is CC1(CNC(=O)c2ccccc2)COC(c2nc(-c3ccc(F)cc3)c(-c3ccnc(N)n3)[nH]2)OC1. The van der Waals surface area contributed by atoms with Gasteiger partial charge in [0.2, 0.25) is 12.2 Å². The number of amides is 1. The van der Waals surface area contributed by atoms with Crippen LogP contribution >= 0.6 is 0 Å². The van der Waals surface area contributed by atoms with Crippen LogP contribution < -0.4 is 11.1 Å². The van der Waals surface area contributed by atoms with Gasteiger partial charge in [-0.05, 0) is 42.5 Å². The number of ether oxygens (including phenoxy) is 2. The maximum Gasteiger partial charge on any atom is 0.251 e. The molecule has 36 heavy (non-hydrogen) atoms. The zero-order valence-corrected chi connectivity index (χ0v) is 19.6. The zero-order chi connectivity index (χ0) is 25.1. The van der Waals surface area contributed by atoms with Gasteiger partial charge in [0.05, 0.1) is 30.3 Å². The van der Waals surface area contributed by atoms with Crippen LogP contribution in [0.3, 0.4) is 0 Å². The number of hydrogen-bond acceptors (Lipinski definition) is 7. The van der Waals surface area contributed by atoms with Crippen molar-refractivity contribution in [2.45, 2.75) is 13.2 Å². The second-order valence-corrected chi connectivity index (χ2v) is 8.97. The summed E-state index contributed by atoms with van der Waals surface area (Å²) in [6.07, 6.45) is 0.796. The molecule has 2 aromatic carbocycles. The maximum absolute atomic E-state index is 13.5. The van der Waals surface area contributed by atoms with Crippen molar-refractivity contribution >= 4 is 11.9 Å². The van der Waals surface area contributed by atoms with E-state index in [1.54, 1.807) is 36.5 Å². The van der Waals surface area contributed by atoms with Crippen LogP contribution in [-0.2, 0) is 9.47 Å². The number of nitrogens with two attached hydrogens (primary N) is 1. The monoisotopic (exact) mass is 488 g/mol. The van der Waals surface area contributed by atoms with E-state index in [-0.39, 0.29) is 17.7 Å². The number of aromatic nitrogens is 4. The van der Waals surface area contributed by atoms with Crippen molar-refractivity contribution in [1.82, 2.24) is 25.3 Å². The van der Waals surface area contributed by atoms with Gasteiger partial charge < -0.3 is 25.5 Å². The lowest BCUT2D eigenvalue weighted by Crippen LogP contribution is -2.45. The lowest BCUT2D eigenvalue weighted by Gasteiger charge is -2.36. The third kappa shape index (κ3) is 5.09. The molecule has 4 N–H and O–H groups in total. The Morgan fingerprint density at radius 1 is 1.11 bits per heavy atom. The molecule has 0 radical (unpaired) electrons. The van der Waals surface area contributed by atoms with Gasteiger partial charge in [-0.3, -0.25) is 4.79 Å². The molecule has 1 aliphatic heterocycles. The molecule has 0 bridgehead atoms. The van der Waals surface area contributed by atoms with E-state index in [9.17, 15) is 9.18 Å². The number of carbonyl (C=O) groups excluding carboxylic acids is 1. The molecule has 0 aliphatic carbocycles. The Morgan fingerprint density at radius 3 is 2.53 bits per heavy atom. The fourth-order valence-electron chi connectivity index (χ4n) is 3.91. The lowest BCUT2D eigenvalue weighted by molar-refractivity contribution is -0.231. The molecular weight excluding hydrogens is 463 g/mol. The lowest BCUT2D eigenvalue weighted by atomic mass is 9.92. The van der Waals surface area contributed by atoms with Crippen LogP contribution in [0.5, 0.6) is 0 Å². The summed E-state index contributed by atoms with van der Waals surface area (Å²) in [5.74, 6) is 0.0617. The van der Waals surface area contributed by atoms with Crippen LogP contribution in [0, 0.1) is 11.2 Å². The smallest absolute Gasteiger partial charge is 0.251 e. The van der Waals surface area contributed by atoms with E-state index in [1.807, 2.05) is 25.1 Å². The first-order valence-electron chi connectivity index (χ1n) is 11.4. The number of benzene rings is 2. The van der Waals surface area contributed by atoms with Gasteiger partial charge in [0.25, 0.3) is 5.91 Å². The van der Waals surface area contributed by atoms with Crippen molar-refractivity contribution in [3.8, 4) is 22.6 Å². The average molecular weight is 489 g/mol. The van der Waals surface area contributed by atoms with Gasteiger partial charge in [-0.25, -0.2) is 19.3 Å². The van der Waals surface area contributed by atoms with Gasteiger partial charge in [0, 0.05) is 29.3 Å². The number of hydrogen-bond donors (Lipinski definition) is 3. The van der Waals surface area contributed by atoms with Crippen molar-refractivity contribution < 1.29 is 18.7 Å². The number of aromatic amines is 1. The molecular formula is C26H25FN6O3. The van der Waals surface area contributed by atoms with Crippen LogP contribution in [0.1, 0.15) is 29.4 Å². The summed E-state index contributed by atoms with van der Waals surface area (Å²) in [5.41, 5.74) is 8.32. The molecule has 9 nitrogen and oxygen atoms in total. The van der Waals surface area contributed by atoms with Gasteiger partial charge in [-0.1, -0.05) is 25.1 Å². The molecule has 184 valence electrons. The van der Waals surface area contributed by atoms with Crippen molar-refractivity contribution in [3.63, 3.8) is 0 Å². The molecule has 5 rings (SSSR count). The first kappa shape index (κ1) is 23.6. The van der Waals surface area contributed by atoms with Crippen molar-refractivity contribution in [2.75, 3.05) is 25.5 Å². The number of nitrogen functional groups attached to an aromatic ring is 1. The number of imidazole rings is 1. The topological polar surface area (TPSA) is 128 Å². The van der Waals surface area contributed by atoms with Gasteiger partial charge in [0.15, 0.2) is 5.82 Å². The maximum atomic E-state index is 13.5. The summed E-state index contributed by atoms with van der Waals surface area (Å²) in [6.45, 7) is 3.05. The summed E-state index contributed by atoms with van der Waals surface area (Å²) >= 11 is 0. The quantitative estimate of drug-likeness (QED) is 0.377. The third-order valence-corrected chi connectivity index (χ3v) is 5.87. The number of carbonyl (C=O) groups is 1. The molecule has 1 amide bonds. The first-order valence-corrected chi connectivity index (χ1v) is 11.4. The summed E-state index contributed by atoms with van der Waals surface area (Å²) in [4.78, 5) is 28.6. The van der Waals surface area contributed by atoms with E-state index < -0.39 is 11.7 Å². The Bertz CT molecular complexity index is 1350. The normalized spacial score (nSPS) is 19.7. The minimum atomic E-state index is -0.755. The van der Waals surface area contributed by atoms with E-state index in [1.165, 1.54) is 12.1 Å². The highest BCUT2D eigenvalue weighted by Gasteiger charge is 2.35. The summed E-state index contributed by atoms with van der Waals surface area (Å²) in [6, 6.07) is 16.7. The highest BCUT2D eigenvalue weighted by molar-refractivity contribution is 5.94. The molecule has 0 saturated carbocycles. The second kappa shape index (κ2) is 9.84. The van der Waals surface area contributed by atoms with Crippen LogP contribution in [-0.4, -0.2) is 45.6 Å². The van der Waals surface area contributed by atoms with Crippen molar-refractivity contribution in [2.24, 2.45) is 5.41 Å². The number of nitrogens with zero attached hydrogens (tertiary/aromatic N) is 3. The summed E-state index contributed by atoms with van der Waals surface area (Å²) in [5, 5.41) is 2.95. The fraction of sp³-hybridized carbons (Fsp3) is 0.231. The molecule has 2 aromatic heterocycles. The zero-order valence-electron chi connectivity index (χ0n) is 19.6. The van der Waals surface area contributed by atoms with Gasteiger partial charge in [-0.2, -0.15) is 0 Å². The van der Waals surface area contributed by atoms with E-state index in [0.717, 1.165) is 0 Å². The van der Waals surface area contributed by atoms with Gasteiger partial charge in [-0.15, -0.1) is 0 Å². The number of halogens is 1. The Kier molecular flexibility index (Phi) is 6.45. The average Bonchev–Trinajstić information content (AvgIpc) is 3.34. The Labute approximate surface area is 206 Å². The van der Waals surface area contributed by atoms with E-state index in [2.05, 4.69) is 20.3 Å². The predicted molar refractivity (Wildman–Crippen MR) is 131 cm³/mol. The molecule has 10 heteroatoms. The molecule has 0 spiro atoms. The predicted octanol–water partition coefficient (Wildman–Crippen LogP) is 3.74. The molecule has 3 heterocycles. The van der Waals surface area contributed by atoms with E-state index in [4.69, 9.17) is 20.2 Å². The standard InChI is InChI=1S/C26H25FN6O3/c1-26(13-30-23(34)17-5-3-2-4-6-17)14-35-24(36-15-26)22-32-20(16-7-9-18(27)10-8-16)21(33-22)19-11-12-29-25(28)31-19/h2-12,24H,13-15H2,1H3,(H,30,34)(H,32,33)(H2,28,29,31).